The van der Waals surface area contributed by atoms with Crippen molar-refractivity contribution in [2.75, 3.05) is 14.2 Å². The average molecular weight is 342 g/mol. The summed E-state index contributed by atoms with van der Waals surface area (Å²) in [6.07, 6.45) is -0.159. The van der Waals surface area contributed by atoms with Crippen LogP contribution in [0.5, 0.6) is 5.75 Å². The van der Waals surface area contributed by atoms with E-state index in [0.29, 0.717) is 17.8 Å². The number of aromatic nitrogens is 1. The molecule has 2 aromatic rings. The summed E-state index contributed by atoms with van der Waals surface area (Å²) < 4.78 is 31.9. The summed E-state index contributed by atoms with van der Waals surface area (Å²) >= 11 is 1.39. The number of amides is 1. The van der Waals surface area contributed by atoms with E-state index in [-0.39, 0.29) is 12.6 Å². The van der Waals surface area contributed by atoms with Gasteiger partial charge in [0.1, 0.15) is 34.1 Å². The fraction of sp³-hybridized carbons (Fsp3) is 0.333. The minimum Gasteiger partial charge on any atom is -0.507 e. The van der Waals surface area contributed by atoms with Crippen LogP contribution in [0.3, 0.4) is 0 Å². The predicted molar refractivity (Wildman–Crippen MR) is 81.4 cm³/mol. The third-order valence-electron chi connectivity index (χ3n) is 3.26. The van der Waals surface area contributed by atoms with Crippen LogP contribution in [-0.4, -0.2) is 35.1 Å². The van der Waals surface area contributed by atoms with Gasteiger partial charge in [0.05, 0.1) is 12.2 Å². The van der Waals surface area contributed by atoms with Gasteiger partial charge < -0.3 is 14.7 Å². The van der Waals surface area contributed by atoms with Gasteiger partial charge in [0, 0.05) is 31.7 Å². The Morgan fingerprint density at radius 3 is 2.78 bits per heavy atom. The highest BCUT2D eigenvalue weighted by Gasteiger charge is 2.22. The molecule has 0 aliphatic carbocycles. The molecule has 1 N–H and O–H groups in total. The zero-order valence-electron chi connectivity index (χ0n) is 12.8. The molecule has 1 aromatic heterocycles. The van der Waals surface area contributed by atoms with E-state index in [1.54, 1.807) is 12.5 Å². The summed E-state index contributed by atoms with van der Waals surface area (Å²) in [5.41, 5.74) is 0.0568. The number of benzene rings is 1. The molecule has 0 saturated carbocycles. The Kier molecular flexibility index (Phi) is 5.27. The molecule has 8 heteroatoms. The van der Waals surface area contributed by atoms with E-state index >= 15 is 0 Å². The Labute approximate surface area is 136 Å². The number of ether oxygens (including phenoxy) is 1. The minimum absolute atomic E-state index is 0.127. The number of phenolic OH excluding ortho intramolecular Hbond substituents is 1. The molecule has 1 unspecified atom stereocenters. The largest absolute Gasteiger partial charge is 0.507 e. The van der Waals surface area contributed by atoms with Gasteiger partial charge in [0.25, 0.3) is 5.91 Å². The van der Waals surface area contributed by atoms with Crippen molar-refractivity contribution in [2.45, 2.75) is 19.6 Å². The highest BCUT2D eigenvalue weighted by Crippen LogP contribution is 2.25. The first-order chi connectivity index (χ1) is 10.8. The Hall–Kier alpha value is -2.06. The lowest BCUT2D eigenvalue weighted by Gasteiger charge is -2.17. The molecule has 124 valence electrons. The second-order valence-electron chi connectivity index (χ2n) is 5.00. The number of phenols is 1. The van der Waals surface area contributed by atoms with Gasteiger partial charge >= 0.3 is 0 Å². The van der Waals surface area contributed by atoms with Crippen molar-refractivity contribution in [3.63, 3.8) is 0 Å². The highest BCUT2D eigenvalue weighted by molar-refractivity contribution is 7.09. The number of hydrogen-bond acceptors (Lipinski definition) is 5. The van der Waals surface area contributed by atoms with Crippen molar-refractivity contribution >= 4 is 17.2 Å². The topological polar surface area (TPSA) is 62.7 Å². The van der Waals surface area contributed by atoms with E-state index in [9.17, 15) is 18.7 Å². The average Bonchev–Trinajstić information content (AvgIpc) is 2.93. The molecule has 5 nitrogen and oxygen atoms in total. The van der Waals surface area contributed by atoms with Crippen molar-refractivity contribution in [1.29, 1.82) is 0 Å². The minimum atomic E-state index is -1.11. The Morgan fingerprint density at radius 2 is 2.17 bits per heavy atom. The number of nitrogens with zero attached hydrogens (tertiary/aromatic N) is 2. The molecule has 23 heavy (non-hydrogen) atoms. The normalized spacial score (nSPS) is 12.2. The number of carbonyl (C=O) groups is 1. The van der Waals surface area contributed by atoms with Crippen LogP contribution >= 0.6 is 11.3 Å². The van der Waals surface area contributed by atoms with E-state index < -0.39 is 28.9 Å². The Morgan fingerprint density at radius 1 is 1.48 bits per heavy atom. The monoisotopic (exact) mass is 342 g/mol. The lowest BCUT2D eigenvalue weighted by molar-refractivity contribution is 0.0775. The fourth-order valence-corrected chi connectivity index (χ4v) is 2.80. The van der Waals surface area contributed by atoms with Crippen LogP contribution in [0.25, 0.3) is 0 Å². The third kappa shape index (κ3) is 3.83. The maximum atomic E-state index is 13.7. The van der Waals surface area contributed by atoms with Gasteiger partial charge in [-0.2, -0.15) is 0 Å². The van der Waals surface area contributed by atoms with E-state index in [1.807, 2.05) is 6.92 Å². The second kappa shape index (κ2) is 7.01. The molecule has 0 radical (unpaired) electrons. The molecule has 1 atom stereocenters. The van der Waals surface area contributed by atoms with Crippen molar-refractivity contribution in [3.8, 4) is 5.75 Å². The SMILES string of the molecule is COC(C)c1nc(CN(C)C(=O)c2c(O)cc(F)cc2F)cs1. The fourth-order valence-electron chi connectivity index (χ4n) is 1.96. The quantitative estimate of drug-likeness (QED) is 0.907. The number of methoxy groups -OCH3 is 1. The molecule has 0 spiro atoms. The predicted octanol–water partition coefficient (Wildman–Crippen LogP) is 3.11. The number of thiazole rings is 1. The number of hydrogen-bond donors (Lipinski definition) is 1. The zero-order chi connectivity index (χ0) is 17.1. The summed E-state index contributed by atoms with van der Waals surface area (Å²) in [5, 5.41) is 12.1. The molecule has 0 fully saturated rings. The summed E-state index contributed by atoms with van der Waals surface area (Å²) in [5.74, 6) is -3.54. The molecule has 1 aromatic carbocycles. The number of carbonyl (C=O) groups excluding carboxylic acids is 1. The highest BCUT2D eigenvalue weighted by atomic mass is 32.1. The lowest BCUT2D eigenvalue weighted by Crippen LogP contribution is -2.27. The summed E-state index contributed by atoms with van der Waals surface area (Å²) in [6, 6.07) is 1.26. The second-order valence-corrected chi connectivity index (χ2v) is 5.89. The van der Waals surface area contributed by atoms with Crippen LogP contribution in [0.1, 0.15) is 34.1 Å². The first-order valence-corrected chi connectivity index (χ1v) is 7.62. The van der Waals surface area contributed by atoms with E-state index in [1.165, 1.54) is 23.3 Å². The maximum Gasteiger partial charge on any atom is 0.260 e. The lowest BCUT2D eigenvalue weighted by atomic mass is 10.1. The van der Waals surface area contributed by atoms with Gasteiger partial charge in [0.2, 0.25) is 0 Å². The molecule has 0 aliphatic rings. The van der Waals surface area contributed by atoms with Gasteiger partial charge in [-0.25, -0.2) is 13.8 Å². The van der Waals surface area contributed by atoms with E-state index in [0.717, 1.165) is 5.01 Å². The molecule has 0 aliphatic heterocycles. The summed E-state index contributed by atoms with van der Waals surface area (Å²) in [6.45, 7) is 1.98. The third-order valence-corrected chi connectivity index (χ3v) is 4.32. The van der Waals surface area contributed by atoms with Gasteiger partial charge in [-0.3, -0.25) is 4.79 Å². The van der Waals surface area contributed by atoms with Gasteiger partial charge in [-0.05, 0) is 6.92 Å². The Bertz CT molecular complexity index is 697. The molecule has 1 amide bonds. The van der Waals surface area contributed by atoms with Gasteiger partial charge in [-0.15, -0.1) is 11.3 Å². The van der Waals surface area contributed by atoms with Crippen molar-refractivity contribution in [3.05, 3.63) is 45.4 Å². The van der Waals surface area contributed by atoms with Crippen molar-refractivity contribution in [2.24, 2.45) is 0 Å². The van der Waals surface area contributed by atoms with Crippen LogP contribution in [0.2, 0.25) is 0 Å². The Balaban J connectivity index is 2.16. The van der Waals surface area contributed by atoms with Crippen LogP contribution in [0, 0.1) is 11.6 Å². The molecule has 0 bridgehead atoms. The first-order valence-electron chi connectivity index (χ1n) is 6.74. The van der Waals surface area contributed by atoms with E-state index in [4.69, 9.17) is 4.74 Å². The van der Waals surface area contributed by atoms with Crippen LogP contribution in [0.4, 0.5) is 8.78 Å². The molecule has 1 heterocycles. The van der Waals surface area contributed by atoms with Crippen molar-refractivity contribution in [1.82, 2.24) is 9.88 Å². The smallest absolute Gasteiger partial charge is 0.260 e. The van der Waals surface area contributed by atoms with Gasteiger partial charge in [0.15, 0.2) is 0 Å². The molecular weight excluding hydrogens is 326 g/mol. The number of rotatable bonds is 5. The summed E-state index contributed by atoms with van der Waals surface area (Å²) in [4.78, 5) is 17.8. The maximum absolute atomic E-state index is 13.7. The molecule has 0 saturated heterocycles. The first kappa shape index (κ1) is 17.3. The van der Waals surface area contributed by atoms with Crippen LogP contribution < -0.4 is 0 Å². The van der Waals surface area contributed by atoms with Crippen molar-refractivity contribution < 1.29 is 23.4 Å². The zero-order valence-corrected chi connectivity index (χ0v) is 13.7. The molecular formula is C15H16F2N2O3S. The molecule has 2 rings (SSSR count). The van der Waals surface area contributed by atoms with Crippen LogP contribution in [-0.2, 0) is 11.3 Å². The standard InChI is InChI=1S/C15H16F2N2O3S/c1-8(22-3)14-18-10(7-23-14)6-19(2)15(21)13-11(17)4-9(16)5-12(13)20/h4-5,7-8,20H,6H2,1-3H3. The number of aromatic hydroxyl groups is 1. The van der Waals surface area contributed by atoms with E-state index in [2.05, 4.69) is 4.98 Å². The van der Waals surface area contributed by atoms with Gasteiger partial charge in [-0.1, -0.05) is 0 Å². The van der Waals surface area contributed by atoms with Crippen LogP contribution in [0.15, 0.2) is 17.5 Å². The number of halogens is 2. The summed E-state index contributed by atoms with van der Waals surface area (Å²) in [7, 11) is 3.02.